The Bertz CT molecular complexity index is 864. The van der Waals surface area contributed by atoms with E-state index < -0.39 is 0 Å². The zero-order valence-corrected chi connectivity index (χ0v) is 19.4. The largest absolute Gasteiger partial charge is 0.486 e. The smallest absolute Gasteiger partial charge is 0.315 e. The van der Waals surface area contributed by atoms with Gasteiger partial charge in [-0.15, -0.1) is 0 Å². The van der Waals surface area contributed by atoms with Gasteiger partial charge in [0.2, 0.25) is 0 Å². The molecule has 0 aromatic heterocycles. The van der Waals surface area contributed by atoms with Crippen molar-refractivity contribution in [3.8, 4) is 5.75 Å². The van der Waals surface area contributed by atoms with Crippen LogP contribution >= 0.6 is 15.9 Å². The van der Waals surface area contributed by atoms with Gasteiger partial charge in [0.05, 0.1) is 0 Å². The van der Waals surface area contributed by atoms with Crippen molar-refractivity contribution in [1.29, 1.82) is 0 Å². The maximum atomic E-state index is 12.8. The summed E-state index contributed by atoms with van der Waals surface area (Å²) in [5.41, 5.74) is 1.17. The molecule has 4 aliphatic rings. The average Bonchev–Trinajstić information content (AvgIpc) is 2.74. The van der Waals surface area contributed by atoms with Crippen LogP contribution in [0, 0.1) is 17.8 Å². The Balaban J connectivity index is 1.17. The molecule has 4 nitrogen and oxygen atoms in total. The Labute approximate surface area is 193 Å². The summed E-state index contributed by atoms with van der Waals surface area (Å²) >= 11 is 3.47. The monoisotopic (exact) mass is 482 g/mol. The first-order valence-corrected chi connectivity index (χ1v) is 12.4. The van der Waals surface area contributed by atoms with Crippen LogP contribution in [-0.4, -0.2) is 18.1 Å². The van der Waals surface area contributed by atoms with Crippen LogP contribution in [0.2, 0.25) is 0 Å². The SMILES string of the molecule is O=C(NCCC(Oc1ccc(Br)cc1)c1ccccc1)NC12CC3CC(CC(C3)C1)C2. The van der Waals surface area contributed by atoms with Gasteiger partial charge < -0.3 is 15.4 Å². The molecule has 4 fully saturated rings. The normalized spacial score (nSPS) is 29.4. The van der Waals surface area contributed by atoms with Gasteiger partial charge in [-0.3, -0.25) is 0 Å². The summed E-state index contributed by atoms with van der Waals surface area (Å²) in [4.78, 5) is 12.8. The third kappa shape index (κ3) is 4.92. The maximum Gasteiger partial charge on any atom is 0.315 e. The summed E-state index contributed by atoms with van der Waals surface area (Å²) in [7, 11) is 0. The second-order valence-corrected chi connectivity index (χ2v) is 10.8. The molecule has 0 heterocycles. The van der Waals surface area contributed by atoms with Crippen molar-refractivity contribution in [2.75, 3.05) is 6.54 Å². The highest BCUT2D eigenvalue weighted by molar-refractivity contribution is 9.10. The minimum Gasteiger partial charge on any atom is -0.486 e. The highest BCUT2D eigenvalue weighted by atomic mass is 79.9. The van der Waals surface area contributed by atoms with Crippen LogP contribution in [0.15, 0.2) is 59.1 Å². The molecule has 4 aliphatic carbocycles. The van der Waals surface area contributed by atoms with Crippen LogP contribution in [-0.2, 0) is 0 Å². The number of hydrogen-bond donors (Lipinski definition) is 2. The standard InChI is InChI=1S/C26H31BrN2O2/c27-22-6-8-23(9-7-22)31-24(21-4-2-1-3-5-21)10-11-28-25(30)29-26-15-18-12-19(16-26)14-20(13-18)17-26/h1-9,18-20,24H,10-17H2,(H2,28,29,30). The minimum atomic E-state index is -0.109. The molecular weight excluding hydrogens is 452 g/mol. The Morgan fingerprint density at radius 1 is 0.968 bits per heavy atom. The fourth-order valence-electron chi connectivity index (χ4n) is 6.50. The third-order valence-corrected chi connectivity index (χ3v) is 7.90. The second kappa shape index (κ2) is 8.85. The highest BCUT2D eigenvalue weighted by Crippen LogP contribution is 2.55. The van der Waals surface area contributed by atoms with Gasteiger partial charge in [0.25, 0.3) is 0 Å². The third-order valence-electron chi connectivity index (χ3n) is 7.37. The lowest BCUT2D eigenvalue weighted by Crippen LogP contribution is -2.61. The van der Waals surface area contributed by atoms with Crippen molar-refractivity contribution >= 4 is 22.0 Å². The molecule has 2 aromatic rings. The number of carbonyl (C=O) groups is 1. The Morgan fingerprint density at radius 3 is 2.19 bits per heavy atom. The van der Waals surface area contributed by atoms with Gasteiger partial charge in [-0.2, -0.15) is 0 Å². The van der Waals surface area contributed by atoms with Gasteiger partial charge in [-0.05, 0) is 86.1 Å². The molecule has 6 rings (SSSR count). The lowest BCUT2D eigenvalue weighted by Gasteiger charge is -2.56. The van der Waals surface area contributed by atoms with Crippen molar-refractivity contribution in [2.45, 2.75) is 56.6 Å². The van der Waals surface area contributed by atoms with E-state index in [4.69, 9.17) is 4.74 Å². The van der Waals surface area contributed by atoms with Gasteiger partial charge in [0.15, 0.2) is 0 Å². The lowest BCUT2D eigenvalue weighted by atomic mass is 9.53. The molecule has 0 spiro atoms. The van der Waals surface area contributed by atoms with E-state index in [1.165, 1.54) is 38.5 Å². The molecule has 2 amide bonds. The summed E-state index contributed by atoms with van der Waals surface area (Å²) in [6, 6.07) is 18.1. The molecule has 2 aromatic carbocycles. The number of carbonyl (C=O) groups excluding carboxylic acids is 1. The zero-order chi connectivity index (χ0) is 21.3. The van der Waals surface area contributed by atoms with Crippen LogP contribution in [0.5, 0.6) is 5.75 Å². The van der Waals surface area contributed by atoms with Crippen LogP contribution in [0.3, 0.4) is 0 Å². The van der Waals surface area contributed by atoms with Gasteiger partial charge >= 0.3 is 6.03 Å². The predicted molar refractivity (Wildman–Crippen MR) is 126 cm³/mol. The lowest BCUT2D eigenvalue weighted by molar-refractivity contribution is -0.0135. The zero-order valence-electron chi connectivity index (χ0n) is 17.9. The maximum absolute atomic E-state index is 12.8. The van der Waals surface area contributed by atoms with E-state index in [0.717, 1.165) is 33.5 Å². The first kappa shape index (κ1) is 20.9. The van der Waals surface area contributed by atoms with Crippen molar-refractivity contribution < 1.29 is 9.53 Å². The number of halogens is 1. The molecule has 4 bridgehead atoms. The molecular formula is C26H31BrN2O2. The van der Waals surface area contributed by atoms with Crippen molar-refractivity contribution in [3.05, 3.63) is 64.6 Å². The summed E-state index contributed by atoms with van der Waals surface area (Å²) in [5, 5.41) is 6.51. The summed E-state index contributed by atoms with van der Waals surface area (Å²) < 4.78 is 7.31. The van der Waals surface area contributed by atoms with Gasteiger partial charge in [0, 0.05) is 23.0 Å². The minimum absolute atomic E-state index is 0.0163. The number of amides is 2. The van der Waals surface area contributed by atoms with Gasteiger partial charge in [0.1, 0.15) is 11.9 Å². The Morgan fingerprint density at radius 2 is 1.58 bits per heavy atom. The topological polar surface area (TPSA) is 50.4 Å². The van der Waals surface area contributed by atoms with Crippen molar-refractivity contribution in [2.24, 2.45) is 17.8 Å². The predicted octanol–water partition coefficient (Wildman–Crippen LogP) is 6.23. The second-order valence-electron chi connectivity index (χ2n) is 9.84. The number of ether oxygens (including phenoxy) is 1. The molecule has 31 heavy (non-hydrogen) atoms. The van der Waals surface area contributed by atoms with Crippen molar-refractivity contribution in [1.82, 2.24) is 10.6 Å². The van der Waals surface area contributed by atoms with Crippen molar-refractivity contribution in [3.63, 3.8) is 0 Å². The molecule has 0 saturated heterocycles. The van der Waals surface area contributed by atoms with Crippen LogP contribution < -0.4 is 15.4 Å². The van der Waals surface area contributed by atoms with Crippen LogP contribution in [0.1, 0.15) is 56.6 Å². The average molecular weight is 483 g/mol. The quantitative estimate of drug-likeness (QED) is 0.491. The van der Waals surface area contributed by atoms with Gasteiger partial charge in [-0.1, -0.05) is 46.3 Å². The van der Waals surface area contributed by atoms with E-state index >= 15 is 0 Å². The van der Waals surface area contributed by atoms with Crippen LogP contribution in [0.4, 0.5) is 4.79 Å². The fourth-order valence-corrected chi connectivity index (χ4v) is 6.77. The van der Waals surface area contributed by atoms with E-state index in [2.05, 4.69) is 38.7 Å². The molecule has 1 unspecified atom stereocenters. The number of nitrogens with one attached hydrogen (secondary N) is 2. The number of benzene rings is 2. The van der Waals surface area contributed by atoms with Crippen LogP contribution in [0.25, 0.3) is 0 Å². The van der Waals surface area contributed by atoms with E-state index in [1.54, 1.807) is 0 Å². The van der Waals surface area contributed by atoms with E-state index in [1.807, 2.05) is 42.5 Å². The van der Waals surface area contributed by atoms with E-state index in [9.17, 15) is 4.79 Å². The molecule has 4 saturated carbocycles. The number of urea groups is 1. The summed E-state index contributed by atoms with van der Waals surface area (Å²) in [6.07, 6.45) is 8.28. The van der Waals surface area contributed by atoms with Gasteiger partial charge in [-0.25, -0.2) is 4.79 Å². The molecule has 2 N–H and O–H groups in total. The molecule has 5 heteroatoms. The Hall–Kier alpha value is -2.01. The fraction of sp³-hybridized carbons (Fsp3) is 0.500. The van der Waals surface area contributed by atoms with E-state index in [-0.39, 0.29) is 17.7 Å². The molecule has 0 radical (unpaired) electrons. The molecule has 1 atom stereocenters. The van der Waals surface area contributed by atoms with E-state index in [0.29, 0.717) is 13.0 Å². The highest BCUT2D eigenvalue weighted by Gasteiger charge is 2.51. The number of rotatable bonds is 7. The summed E-state index contributed by atoms with van der Waals surface area (Å²) in [6.45, 7) is 0.578. The Kier molecular flexibility index (Phi) is 5.96. The molecule has 164 valence electrons. The first-order chi connectivity index (χ1) is 15.1. The molecule has 0 aliphatic heterocycles. The first-order valence-electron chi connectivity index (χ1n) is 11.6. The summed E-state index contributed by atoms with van der Waals surface area (Å²) in [5.74, 6) is 3.31. The number of hydrogen-bond acceptors (Lipinski definition) is 2.